The Balaban J connectivity index is 2.05. The van der Waals surface area contributed by atoms with Gasteiger partial charge in [0.2, 0.25) is 5.88 Å². The van der Waals surface area contributed by atoms with Crippen LogP contribution in [-0.4, -0.2) is 43.7 Å². The van der Waals surface area contributed by atoms with E-state index in [0.29, 0.717) is 28.0 Å². The van der Waals surface area contributed by atoms with Crippen LogP contribution in [0, 0.1) is 0 Å². The number of nitrogens with zero attached hydrogens (tertiary/aromatic N) is 4. The Kier molecular flexibility index (Phi) is 5.06. The van der Waals surface area contributed by atoms with E-state index in [0.717, 1.165) is 5.39 Å². The lowest BCUT2D eigenvalue weighted by molar-refractivity contribution is 0.0547. The highest BCUT2D eigenvalue weighted by molar-refractivity contribution is 5.99. The zero-order valence-corrected chi connectivity index (χ0v) is 17.7. The van der Waals surface area contributed by atoms with Crippen LogP contribution in [0.1, 0.15) is 20.8 Å². The Morgan fingerprint density at radius 3 is 2.61 bits per heavy atom. The molecule has 158 valence electrons. The highest BCUT2D eigenvalue weighted by Crippen LogP contribution is 2.40. The van der Waals surface area contributed by atoms with Crippen LogP contribution in [0.3, 0.4) is 0 Å². The summed E-state index contributed by atoms with van der Waals surface area (Å²) in [5.41, 5.74) is 2.10. The van der Waals surface area contributed by atoms with Crippen LogP contribution in [0.15, 0.2) is 54.9 Å². The Hall–Kier alpha value is -3.94. The first-order valence-electron chi connectivity index (χ1n) is 9.68. The first-order chi connectivity index (χ1) is 14.8. The van der Waals surface area contributed by atoms with E-state index in [4.69, 9.17) is 9.47 Å². The van der Waals surface area contributed by atoms with Gasteiger partial charge in [-0.2, -0.15) is 5.10 Å². The Morgan fingerprint density at radius 2 is 1.94 bits per heavy atom. The molecule has 0 amide bonds. The van der Waals surface area contributed by atoms with Crippen molar-refractivity contribution in [2.24, 2.45) is 0 Å². The third-order valence-corrected chi connectivity index (χ3v) is 4.57. The highest BCUT2D eigenvalue weighted by Gasteiger charge is 2.27. The van der Waals surface area contributed by atoms with Gasteiger partial charge in [-0.05, 0) is 51.1 Å². The number of ether oxygens (including phenoxy) is 2. The number of carbonyl (C=O) groups is 1. The van der Waals surface area contributed by atoms with Crippen LogP contribution >= 0.6 is 0 Å². The molecule has 0 aliphatic rings. The third kappa shape index (κ3) is 3.92. The van der Waals surface area contributed by atoms with Gasteiger partial charge in [0.05, 0.1) is 35.8 Å². The molecule has 0 spiro atoms. The number of phenolic OH excluding ortho intramolecular Hbond substituents is 1. The van der Waals surface area contributed by atoms with Gasteiger partial charge in [0, 0.05) is 23.2 Å². The van der Waals surface area contributed by atoms with Crippen LogP contribution in [0.25, 0.3) is 33.4 Å². The molecule has 31 heavy (non-hydrogen) atoms. The number of fused-ring (bicyclic) bond motifs is 1. The lowest BCUT2D eigenvalue weighted by atomic mass is 10.0. The Bertz CT molecular complexity index is 1260. The van der Waals surface area contributed by atoms with Gasteiger partial charge in [-0.3, -0.25) is 4.98 Å². The van der Waals surface area contributed by atoms with E-state index in [1.54, 1.807) is 45.3 Å². The maximum absolute atomic E-state index is 13.3. The summed E-state index contributed by atoms with van der Waals surface area (Å²) < 4.78 is 12.6. The number of benzene rings is 1. The number of rotatable bonds is 3. The summed E-state index contributed by atoms with van der Waals surface area (Å²) in [5, 5.41) is 18.9. The average molecular weight is 418 g/mol. The number of carbonyl (C=O) groups excluding carboxylic acids is 1. The summed E-state index contributed by atoms with van der Waals surface area (Å²) in [6.07, 6.45) is 2.66. The van der Waals surface area contributed by atoms with Crippen LogP contribution in [0.4, 0.5) is 4.79 Å². The third-order valence-electron chi connectivity index (χ3n) is 4.57. The standard InChI is InChI=1S/C23H22N4O4/c1-23(2,3)31-22(29)27-18-12-15(28)9-8-14(18)11-19(27)20-16(13-25-26-21(20)30-4)17-7-5-6-10-24-17/h5-13,28H,1-4H3. The normalized spacial score (nSPS) is 11.5. The second-order valence-corrected chi connectivity index (χ2v) is 7.95. The lowest BCUT2D eigenvalue weighted by Gasteiger charge is -2.21. The molecule has 0 bridgehead atoms. The number of aromatic hydroxyl groups is 1. The first kappa shape index (κ1) is 20.3. The van der Waals surface area contributed by atoms with E-state index in [-0.39, 0.29) is 11.6 Å². The van der Waals surface area contributed by atoms with Crippen LogP contribution < -0.4 is 4.74 Å². The lowest BCUT2D eigenvalue weighted by Crippen LogP contribution is -2.27. The van der Waals surface area contributed by atoms with Crippen molar-refractivity contribution in [2.45, 2.75) is 26.4 Å². The molecule has 0 radical (unpaired) electrons. The summed E-state index contributed by atoms with van der Waals surface area (Å²) in [4.78, 5) is 17.7. The first-order valence-corrected chi connectivity index (χ1v) is 9.68. The molecular weight excluding hydrogens is 396 g/mol. The molecule has 0 saturated carbocycles. The van der Waals surface area contributed by atoms with Crippen molar-refractivity contribution in [3.05, 3.63) is 54.9 Å². The zero-order valence-electron chi connectivity index (χ0n) is 17.7. The van der Waals surface area contributed by atoms with Crippen molar-refractivity contribution < 1.29 is 19.4 Å². The van der Waals surface area contributed by atoms with E-state index in [9.17, 15) is 9.90 Å². The number of hydrogen-bond donors (Lipinski definition) is 1. The van der Waals surface area contributed by atoms with Gasteiger partial charge >= 0.3 is 6.09 Å². The minimum atomic E-state index is -0.716. The molecule has 1 N–H and O–H groups in total. The topological polar surface area (TPSA) is 99.4 Å². The molecule has 0 unspecified atom stereocenters. The van der Waals surface area contributed by atoms with Gasteiger partial charge in [0.1, 0.15) is 11.4 Å². The van der Waals surface area contributed by atoms with Crippen molar-refractivity contribution in [3.8, 4) is 34.1 Å². The van der Waals surface area contributed by atoms with Gasteiger partial charge < -0.3 is 14.6 Å². The molecular formula is C23H22N4O4. The van der Waals surface area contributed by atoms with Gasteiger partial charge in [-0.1, -0.05) is 6.07 Å². The van der Waals surface area contributed by atoms with Crippen molar-refractivity contribution in [1.82, 2.24) is 19.7 Å². The van der Waals surface area contributed by atoms with Crippen molar-refractivity contribution in [2.75, 3.05) is 7.11 Å². The molecule has 3 aromatic heterocycles. The SMILES string of the molecule is COc1nncc(-c2ccccn2)c1-c1cc2ccc(O)cc2n1C(=O)OC(C)(C)C. The van der Waals surface area contributed by atoms with E-state index in [1.165, 1.54) is 17.7 Å². The fourth-order valence-corrected chi connectivity index (χ4v) is 3.35. The minimum Gasteiger partial charge on any atom is -0.508 e. The molecule has 0 atom stereocenters. The fraction of sp³-hybridized carbons (Fsp3) is 0.217. The quantitative estimate of drug-likeness (QED) is 0.517. The largest absolute Gasteiger partial charge is 0.508 e. The van der Waals surface area contributed by atoms with Gasteiger partial charge in [0.15, 0.2) is 0 Å². The van der Waals surface area contributed by atoms with Crippen LogP contribution in [0.5, 0.6) is 11.6 Å². The molecule has 1 aromatic carbocycles. The highest BCUT2D eigenvalue weighted by atomic mass is 16.6. The smallest absolute Gasteiger partial charge is 0.419 e. The molecule has 8 nitrogen and oxygen atoms in total. The summed E-state index contributed by atoms with van der Waals surface area (Å²) in [6.45, 7) is 5.38. The van der Waals surface area contributed by atoms with Crippen molar-refractivity contribution >= 4 is 17.0 Å². The summed E-state index contributed by atoms with van der Waals surface area (Å²) in [7, 11) is 1.49. The van der Waals surface area contributed by atoms with E-state index in [1.807, 2.05) is 24.3 Å². The van der Waals surface area contributed by atoms with Crippen LogP contribution in [-0.2, 0) is 4.74 Å². The summed E-state index contributed by atoms with van der Waals surface area (Å²) in [6, 6.07) is 12.2. The molecule has 8 heteroatoms. The summed E-state index contributed by atoms with van der Waals surface area (Å²) in [5.74, 6) is 0.270. The number of phenols is 1. The summed E-state index contributed by atoms with van der Waals surface area (Å²) >= 11 is 0. The molecule has 4 aromatic rings. The predicted octanol–water partition coefficient (Wildman–Crippen LogP) is 4.66. The number of pyridine rings is 1. The molecule has 0 aliphatic carbocycles. The van der Waals surface area contributed by atoms with Gasteiger partial charge in [-0.15, -0.1) is 5.10 Å². The van der Waals surface area contributed by atoms with Crippen LogP contribution in [0.2, 0.25) is 0 Å². The van der Waals surface area contributed by atoms with E-state index >= 15 is 0 Å². The predicted molar refractivity (Wildman–Crippen MR) is 116 cm³/mol. The zero-order chi connectivity index (χ0) is 22.2. The Morgan fingerprint density at radius 1 is 1.13 bits per heavy atom. The van der Waals surface area contributed by atoms with Gasteiger partial charge in [0.25, 0.3) is 0 Å². The van der Waals surface area contributed by atoms with E-state index in [2.05, 4.69) is 15.2 Å². The molecule has 0 saturated heterocycles. The van der Waals surface area contributed by atoms with E-state index < -0.39 is 11.7 Å². The van der Waals surface area contributed by atoms with Crippen molar-refractivity contribution in [3.63, 3.8) is 0 Å². The second-order valence-electron chi connectivity index (χ2n) is 7.95. The molecule has 3 heterocycles. The maximum atomic E-state index is 13.3. The average Bonchev–Trinajstić information content (AvgIpc) is 3.10. The minimum absolute atomic E-state index is 0.0340. The number of methoxy groups -OCH3 is 1. The molecule has 4 rings (SSSR count). The Labute approximate surface area is 179 Å². The fourth-order valence-electron chi connectivity index (χ4n) is 3.35. The van der Waals surface area contributed by atoms with Gasteiger partial charge in [-0.25, -0.2) is 9.36 Å². The number of hydrogen-bond acceptors (Lipinski definition) is 7. The molecule has 0 fully saturated rings. The van der Waals surface area contributed by atoms with Crippen molar-refractivity contribution in [1.29, 1.82) is 0 Å². The monoisotopic (exact) mass is 418 g/mol. The second kappa shape index (κ2) is 7.71. The number of aromatic nitrogens is 4. The molecule has 0 aliphatic heterocycles. The maximum Gasteiger partial charge on any atom is 0.419 e.